The molecule has 0 unspecified atom stereocenters. The third-order valence-corrected chi connectivity index (χ3v) is 19.3. The summed E-state index contributed by atoms with van der Waals surface area (Å²) in [5.74, 6) is 0. The van der Waals surface area contributed by atoms with Crippen LogP contribution in [0.5, 0.6) is 0 Å². The molecule has 0 bridgehead atoms. The van der Waals surface area contributed by atoms with E-state index in [4.69, 9.17) is 0 Å². The van der Waals surface area contributed by atoms with E-state index in [1.54, 1.807) is 0 Å². The molecule has 0 aliphatic heterocycles. The smallest absolute Gasteiger partial charge is 0.0726 e. The van der Waals surface area contributed by atoms with E-state index in [-0.39, 0.29) is 0 Å². The standard InChI is InChI=1S/C79H48N2S/c1-2-18-49(19-3-1)44-66-58-23-7-6-22-57(58)59-41-39-54(47-67(59)66)80(74-35-17-33-72-77(74)65-27-10-14-32-71(65)79(72)69-30-12-8-24-60(69)61-25-9-13-31-70(61)79)55-40-42-63-68-46-52(37-43-75(68)82-76(63)48-55)56-28-16-29-64-62-26-11-15-34-73(62)81(78(56)64)53-38-36-50-20-4-5-21-51(50)45-53/h1-48H. The molecular formula is C79H48N2S. The van der Waals surface area contributed by atoms with Gasteiger partial charge < -0.3 is 9.47 Å². The first-order valence-corrected chi connectivity index (χ1v) is 29.2. The van der Waals surface area contributed by atoms with Gasteiger partial charge in [0, 0.05) is 59.1 Å². The second kappa shape index (κ2) is 17.3. The van der Waals surface area contributed by atoms with Crippen LogP contribution < -0.4 is 4.90 Å². The molecule has 0 fully saturated rings. The molecule has 2 heterocycles. The van der Waals surface area contributed by atoms with Crippen molar-refractivity contribution in [2.45, 2.75) is 5.41 Å². The van der Waals surface area contributed by atoms with Crippen molar-refractivity contribution < 1.29 is 0 Å². The molecule has 82 heavy (non-hydrogen) atoms. The summed E-state index contributed by atoms with van der Waals surface area (Å²) in [6.07, 6.45) is 2.37. The molecule has 3 aliphatic carbocycles. The van der Waals surface area contributed by atoms with Crippen LogP contribution in [0.25, 0.3) is 115 Å². The number of rotatable bonds is 6. The van der Waals surface area contributed by atoms with Crippen LogP contribution in [0.2, 0.25) is 0 Å². The highest BCUT2D eigenvalue weighted by Gasteiger charge is 2.52. The first kappa shape index (κ1) is 45.5. The second-order valence-electron chi connectivity index (χ2n) is 22.2. The van der Waals surface area contributed by atoms with Gasteiger partial charge >= 0.3 is 0 Å². The Hall–Kier alpha value is -10.3. The number of anilines is 3. The fourth-order valence-corrected chi connectivity index (χ4v) is 15.9. The van der Waals surface area contributed by atoms with Gasteiger partial charge in [-0.2, -0.15) is 0 Å². The van der Waals surface area contributed by atoms with Crippen molar-refractivity contribution in [2.24, 2.45) is 0 Å². The summed E-state index contributed by atoms with van der Waals surface area (Å²) in [5.41, 5.74) is 26.8. The Labute approximate surface area is 479 Å². The minimum Gasteiger partial charge on any atom is -0.310 e. The van der Waals surface area contributed by atoms with E-state index < -0.39 is 5.41 Å². The molecule has 15 aromatic rings. The van der Waals surface area contributed by atoms with Crippen molar-refractivity contribution in [1.82, 2.24) is 4.57 Å². The highest BCUT2D eigenvalue weighted by atomic mass is 32.1. The van der Waals surface area contributed by atoms with Gasteiger partial charge in [-0.1, -0.05) is 224 Å². The highest BCUT2D eigenvalue weighted by Crippen LogP contribution is 2.65. The molecule has 380 valence electrons. The van der Waals surface area contributed by atoms with Crippen LogP contribution in [-0.2, 0) is 5.41 Å². The van der Waals surface area contributed by atoms with Crippen LogP contribution in [0.4, 0.5) is 17.1 Å². The Morgan fingerprint density at radius 2 is 0.976 bits per heavy atom. The Morgan fingerprint density at radius 1 is 0.354 bits per heavy atom. The van der Waals surface area contributed by atoms with E-state index in [1.807, 2.05) is 11.3 Å². The lowest BCUT2D eigenvalue weighted by Gasteiger charge is -2.32. The van der Waals surface area contributed by atoms with Crippen molar-refractivity contribution in [3.8, 4) is 50.2 Å². The zero-order chi connectivity index (χ0) is 53.6. The fraction of sp³-hybridized carbons (Fsp3) is 0.0127. The van der Waals surface area contributed by atoms with Crippen LogP contribution in [-0.4, -0.2) is 4.57 Å². The van der Waals surface area contributed by atoms with Gasteiger partial charge in [0.2, 0.25) is 0 Å². The van der Waals surface area contributed by atoms with Gasteiger partial charge in [-0.05, 0) is 155 Å². The number of benzene rings is 13. The molecule has 0 saturated heterocycles. The molecule has 18 rings (SSSR count). The lowest BCUT2D eigenvalue weighted by Crippen LogP contribution is -2.26. The van der Waals surface area contributed by atoms with Crippen molar-refractivity contribution in [1.29, 1.82) is 0 Å². The molecule has 13 aromatic carbocycles. The van der Waals surface area contributed by atoms with Gasteiger partial charge in [0.15, 0.2) is 0 Å². The van der Waals surface area contributed by atoms with E-state index in [0.29, 0.717) is 0 Å². The summed E-state index contributed by atoms with van der Waals surface area (Å²) in [4.78, 5) is 2.56. The van der Waals surface area contributed by atoms with Crippen LogP contribution in [0.1, 0.15) is 38.9 Å². The summed E-state index contributed by atoms with van der Waals surface area (Å²) in [7, 11) is 0. The monoisotopic (exact) mass is 1060 g/mol. The first-order chi connectivity index (χ1) is 40.7. The van der Waals surface area contributed by atoms with Crippen LogP contribution in [0, 0.1) is 0 Å². The normalized spacial score (nSPS) is 13.7. The lowest BCUT2D eigenvalue weighted by atomic mass is 9.70. The van der Waals surface area contributed by atoms with Crippen molar-refractivity contribution >= 4 is 92.8 Å². The Kier molecular flexibility index (Phi) is 9.63. The maximum Gasteiger partial charge on any atom is 0.0726 e. The van der Waals surface area contributed by atoms with E-state index in [0.717, 1.165) is 22.7 Å². The van der Waals surface area contributed by atoms with Crippen LogP contribution >= 0.6 is 11.3 Å². The van der Waals surface area contributed by atoms with Crippen molar-refractivity contribution in [3.05, 3.63) is 324 Å². The fourth-order valence-electron chi connectivity index (χ4n) is 14.7. The Morgan fingerprint density at radius 3 is 1.80 bits per heavy atom. The summed E-state index contributed by atoms with van der Waals surface area (Å²) in [6.45, 7) is 0. The molecule has 3 aliphatic rings. The average Bonchev–Trinajstić information content (AvgIpc) is 1.79. The third kappa shape index (κ3) is 6.34. The molecule has 0 saturated carbocycles. The molecule has 0 N–H and O–H groups in total. The number of hydrogen-bond acceptors (Lipinski definition) is 2. The van der Waals surface area contributed by atoms with E-state index in [2.05, 4.69) is 301 Å². The third-order valence-electron chi connectivity index (χ3n) is 18.1. The molecular weight excluding hydrogens is 1010 g/mol. The highest BCUT2D eigenvalue weighted by molar-refractivity contribution is 7.25. The van der Waals surface area contributed by atoms with Gasteiger partial charge in [-0.15, -0.1) is 11.3 Å². The minimum absolute atomic E-state index is 0.479. The molecule has 3 heteroatoms. The molecule has 2 aromatic heterocycles. The van der Waals surface area contributed by atoms with Gasteiger partial charge in [-0.3, -0.25) is 0 Å². The molecule has 1 spiro atoms. The molecule has 0 amide bonds. The number of nitrogens with zero attached hydrogens (tertiary/aromatic N) is 2. The SMILES string of the molecule is C(=C1c2ccccc2-c2ccc(N(c3ccc4c(c3)sc3ccc(-c5cccc6c7ccccc7n(-c7ccc8ccccc8c7)c56)cc34)c3cccc4c3-c3ccccc3C43c4ccccc4-c4ccccc43)cc21)c1ccccc1. The number of aromatic nitrogens is 1. The summed E-state index contributed by atoms with van der Waals surface area (Å²) in [5, 5.41) is 7.50. The van der Waals surface area contributed by atoms with E-state index in [9.17, 15) is 0 Å². The number of hydrogen-bond donors (Lipinski definition) is 0. The van der Waals surface area contributed by atoms with Gasteiger partial charge in [-0.25, -0.2) is 0 Å². The van der Waals surface area contributed by atoms with Crippen LogP contribution in [0.15, 0.2) is 285 Å². The van der Waals surface area contributed by atoms with Crippen molar-refractivity contribution in [2.75, 3.05) is 4.90 Å². The Bertz CT molecular complexity index is 5200. The first-order valence-electron chi connectivity index (χ1n) is 28.4. The van der Waals surface area contributed by atoms with Gasteiger partial charge in [0.25, 0.3) is 0 Å². The summed E-state index contributed by atoms with van der Waals surface area (Å²) < 4.78 is 5.00. The van der Waals surface area contributed by atoms with Crippen LogP contribution in [0.3, 0.4) is 0 Å². The summed E-state index contributed by atoms with van der Waals surface area (Å²) >= 11 is 1.88. The zero-order valence-corrected chi connectivity index (χ0v) is 45.3. The minimum atomic E-state index is -0.479. The number of thiophene rings is 1. The molecule has 0 radical (unpaired) electrons. The number of fused-ring (bicyclic) bond motifs is 20. The largest absolute Gasteiger partial charge is 0.310 e. The quantitative estimate of drug-likeness (QED) is 0.161. The topological polar surface area (TPSA) is 8.17 Å². The lowest BCUT2D eigenvalue weighted by molar-refractivity contribution is 0.794. The predicted molar refractivity (Wildman–Crippen MR) is 346 cm³/mol. The molecule has 2 nitrogen and oxygen atoms in total. The van der Waals surface area contributed by atoms with Gasteiger partial charge in [0.05, 0.1) is 22.1 Å². The predicted octanol–water partition coefficient (Wildman–Crippen LogP) is 21.4. The molecule has 0 atom stereocenters. The second-order valence-corrected chi connectivity index (χ2v) is 23.3. The summed E-state index contributed by atoms with van der Waals surface area (Å²) in [6, 6.07) is 107. The van der Waals surface area contributed by atoms with Crippen molar-refractivity contribution in [3.63, 3.8) is 0 Å². The number of para-hydroxylation sites is 2. The maximum absolute atomic E-state index is 2.56. The Balaban J connectivity index is 0.849. The van der Waals surface area contributed by atoms with E-state index in [1.165, 1.54) is 142 Å². The van der Waals surface area contributed by atoms with Gasteiger partial charge in [0.1, 0.15) is 0 Å². The van der Waals surface area contributed by atoms with E-state index >= 15 is 0 Å². The average molecular weight is 1060 g/mol. The zero-order valence-electron chi connectivity index (χ0n) is 44.5. The maximum atomic E-state index is 2.56.